The fraction of sp³-hybridized carbons (Fsp3) is 0.167. The average Bonchev–Trinajstić information content (AvgIpc) is 3.04. The fourth-order valence-electron chi connectivity index (χ4n) is 3.36. The van der Waals surface area contributed by atoms with Crippen LogP contribution >= 0.6 is 22.9 Å². The second kappa shape index (κ2) is 8.36. The zero-order chi connectivity index (χ0) is 20.4. The van der Waals surface area contributed by atoms with Gasteiger partial charge in [0.15, 0.2) is 0 Å². The van der Waals surface area contributed by atoms with Crippen LogP contribution in [0.25, 0.3) is 10.8 Å². The van der Waals surface area contributed by atoms with Gasteiger partial charge in [-0.25, -0.2) is 4.98 Å². The van der Waals surface area contributed by atoms with Gasteiger partial charge in [0.2, 0.25) is 5.91 Å². The first-order valence-corrected chi connectivity index (χ1v) is 10.7. The Labute approximate surface area is 179 Å². The molecule has 0 atom stereocenters. The number of amides is 1. The van der Waals surface area contributed by atoms with Crippen molar-refractivity contribution in [2.75, 3.05) is 5.32 Å². The number of halogens is 1. The highest BCUT2D eigenvalue weighted by Crippen LogP contribution is 2.26. The molecule has 3 nitrogen and oxygen atoms in total. The van der Waals surface area contributed by atoms with E-state index in [9.17, 15) is 4.79 Å². The third-order valence-electron chi connectivity index (χ3n) is 4.94. The molecule has 0 unspecified atom stereocenters. The highest BCUT2D eigenvalue weighted by Gasteiger charge is 2.13. The fourth-order valence-corrected chi connectivity index (χ4v) is 4.63. The molecule has 29 heavy (non-hydrogen) atoms. The van der Waals surface area contributed by atoms with Crippen molar-refractivity contribution in [2.45, 2.75) is 26.7 Å². The van der Waals surface area contributed by atoms with E-state index in [1.54, 1.807) is 17.4 Å². The molecule has 0 bridgehead atoms. The van der Waals surface area contributed by atoms with Gasteiger partial charge in [0, 0.05) is 22.0 Å². The Bertz CT molecular complexity index is 1190. The number of benzene rings is 3. The second-order valence-electron chi connectivity index (χ2n) is 7.12. The molecule has 0 aliphatic heterocycles. The van der Waals surface area contributed by atoms with Crippen molar-refractivity contribution in [2.24, 2.45) is 0 Å². The summed E-state index contributed by atoms with van der Waals surface area (Å²) in [4.78, 5) is 18.2. The molecule has 0 aliphatic rings. The minimum Gasteiger partial charge on any atom is -0.326 e. The third-order valence-corrected chi connectivity index (χ3v) is 6.50. The molecule has 4 rings (SSSR count). The van der Waals surface area contributed by atoms with Crippen molar-refractivity contribution in [1.29, 1.82) is 0 Å². The maximum absolute atomic E-state index is 12.5. The molecule has 0 fully saturated rings. The first-order chi connectivity index (χ1) is 14.0. The van der Waals surface area contributed by atoms with Gasteiger partial charge in [-0.05, 0) is 47.9 Å². The Hall–Kier alpha value is -2.69. The van der Waals surface area contributed by atoms with E-state index in [1.807, 2.05) is 26.0 Å². The van der Waals surface area contributed by atoms with Crippen LogP contribution in [0.3, 0.4) is 0 Å². The average molecular weight is 421 g/mol. The molecule has 1 amide bonds. The molecule has 0 saturated carbocycles. The van der Waals surface area contributed by atoms with E-state index >= 15 is 0 Å². The van der Waals surface area contributed by atoms with E-state index in [-0.39, 0.29) is 5.91 Å². The summed E-state index contributed by atoms with van der Waals surface area (Å²) in [5.41, 5.74) is 3.87. The Morgan fingerprint density at radius 2 is 1.86 bits per heavy atom. The van der Waals surface area contributed by atoms with Crippen molar-refractivity contribution in [3.63, 3.8) is 0 Å². The number of carbonyl (C=O) groups is 1. The molecular formula is C24H21ClN2OS. The van der Waals surface area contributed by atoms with Crippen molar-refractivity contribution in [1.82, 2.24) is 4.98 Å². The van der Waals surface area contributed by atoms with Gasteiger partial charge in [-0.1, -0.05) is 60.1 Å². The quantitative estimate of drug-likeness (QED) is 0.409. The molecule has 1 N–H and O–H groups in total. The highest BCUT2D eigenvalue weighted by molar-refractivity contribution is 7.11. The van der Waals surface area contributed by atoms with Gasteiger partial charge in [-0.15, -0.1) is 11.3 Å². The summed E-state index contributed by atoms with van der Waals surface area (Å²) in [6.07, 6.45) is 1.08. The Morgan fingerprint density at radius 3 is 2.69 bits per heavy atom. The first-order valence-electron chi connectivity index (χ1n) is 9.47. The summed E-state index contributed by atoms with van der Waals surface area (Å²) in [5.74, 6) is -0.0617. The normalized spacial score (nSPS) is 11.0. The van der Waals surface area contributed by atoms with Crippen LogP contribution in [0.4, 0.5) is 5.69 Å². The van der Waals surface area contributed by atoms with Crippen LogP contribution in [-0.4, -0.2) is 10.9 Å². The van der Waals surface area contributed by atoms with Crippen LogP contribution in [0.15, 0.2) is 60.7 Å². The van der Waals surface area contributed by atoms with Crippen molar-refractivity contribution < 1.29 is 4.79 Å². The second-order valence-corrected chi connectivity index (χ2v) is 8.70. The number of carbonyl (C=O) groups excluding carboxylic acids is 1. The molecule has 0 spiro atoms. The lowest BCUT2D eigenvalue weighted by Gasteiger charge is -2.06. The first kappa shape index (κ1) is 19.6. The lowest BCUT2D eigenvalue weighted by Crippen LogP contribution is -2.14. The van der Waals surface area contributed by atoms with Gasteiger partial charge < -0.3 is 5.32 Å². The molecular weight excluding hydrogens is 400 g/mol. The van der Waals surface area contributed by atoms with Crippen molar-refractivity contribution in [3.05, 3.63) is 92.4 Å². The third kappa shape index (κ3) is 4.50. The number of nitrogens with one attached hydrogen (secondary N) is 1. The van der Waals surface area contributed by atoms with E-state index in [4.69, 9.17) is 16.6 Å². The van der Waals surface area contributed by atoms with Crippen LogP contribution in [0.2, 0.25) is 5.02 Å². The summed E-state index contributed by atoms with van der Waals surface area (Å²) in [7, 11) is 0. The zero-order valence-electron chi connectivity index (χ0n) is 16.3. The van der Waals surface area contributed by atoms with Gasteiger partial charge in [0.25, 0.3) is 0 Å². The number of hydrogen-bond donors (Lipinski definition) is 1. The lowest BCUT2D eigenvalue weighted by atomic mass is 10.0. The largest absolute Gasteiger partial charge is 0.326 e. The van der Waals surface area contributed by atoms with Crippen LogP contribution in [0, 0.1) is 13.8 Å². The predicted octanol–water partition coefficient (Wildman–Crippen LogP) is 6.34. The van der Waals surface area contributed by atoms with Crippen molar-refractivity contribution >= 4 is 45.3 Å². The summed E-state index contributed by atoms with van der Waals surface area (Å²) in [6.45, 7) is 3.90. The van der Waals surface area contributed by atoms with Crippen LogP contribution < -0.4 is 5.32 Å². The molecule has 3 aromatic carbocycles. The summed E-state index contributed by atoms with van der Waals surface area (Å²) < 4.78 is 0. The SMILES string of the molecule is Cc1ccc(NC(=O)Cc2sc(Cc3cccc4ccccc34)nc2C)cc1Cl. The molecule has 5 heteroatoms. The number of nitrogens with zero attached hydrogens (tertiary/aromatic N) is 1. The number of aryl methyl sites for hydroxylation is 2. The smallest absolute Gasteiger partial charge is 0.229 e. The van der Waals surface area contributed by atoms with E-state index < -0.39 is 0 Å². The van der Waals surface area contributed by atoms with E-state index in [2.05, 4.69) is 47.8 Å². The minimum atomic E-state index is -0.0617. The Morgan fingerprint density at radius 1 is 1.07 bits per heavy atom. The Balaban J connectivity index is 1.49. The van der Waals surface area contributed by atoms with Gasteiger partial charge in [0.05, 0.1) is 17.1 Å². The molecule has 1 heterocycles. The van der Waals surface area contributed by atoms with E-state index in [0.29, 0.717) is 17.1 Å². The number of rotatable bonds is 5. The summed E-state index contributed by atoms with van der Waals surface area (Å²) in [6, 6.07) is 20.3. The number of fused-ring (bicyclic) bond motifs is 1. The van der Waals surface area contributed by atoms with Crippen LogP contribution in [0.5, 0.6) is 0 Å². The lowest BCUT2D eigenvalue weighted by molar-refractivity contribution is -0.115. The van der Waals surface area contributed by atoms with Gasteiger partial charge in [0.1, 0.15) is 0 Å². The molecule has 1 aromatic heterocycles. The molecule has 0 radical (unpaired) electrons. The summed E-state index contributed by atoms with van der Waals surface area (Å²) >= 11 is 7.75. The predicted molar refractivity (Wildman–Crippen MR) is 122 cm³/mol. The minimum absolute atomic E-state index is 0.0617. The maximum Gasteiger partial charge on any atom is 0.229 e. The van der Waals surface area contributed by atoms with Crippen LogP contribution in [0.1, 0.15) is 26.7 Å². The molecule has 4 aromatic rings. The van der Waals surface area contributed by atoms with Gasteiger partial charge in [-0.3, -0.25) is 4.79 Å². The van der Waals surface area contributed by atoms with Crippen LogP contribution in [-0.2, 0) is 17.6 Å². The number of thiazole rings is 1. The monoisotopic (exact) mass is 420 g/mol. The Kier molecular flexibility index (Phi) is 5.65. The summed E-state index contributed by atoms with van der Waals surface area (Å²) in [5, 5.41) is 7.08. The van der Waals surface area contributed by atoms with E-state index in [1.165, 1.54) is 16.3 Å². The van der Waals surface area contributed by atoms with E-state index in [0.717, 1.165) is 27.6 Å². The molecule has 0 aliphatic carbocycles. The maximum atomic E-state index is 12.5. The highest BCUT2D eigenvalue weighted by atomic mass is 35.5. The van der Waals surface area contributed by atoms with Crippen molar-refractivity contribution in [3.8, 4) is 0 Å². The number of aromatic nitrogens is 1. The van der Waals surface area contributed by atoms with Gasteiger partial charge >= 0.3 is 0 Å². The number of hydrogen-bond acceptors (Lipinski definition) is 3. The topological polar surface area (TPSA) is 42.0 Å². The zero-order valence-corrected chi connectivity index (χ0v) is 17.9. The molecule has 0 saturated heterocycles. The van der Waals surface area contributed by atoms with Gasteiger partial charge in [-0.2, -0.15) is 0 Å². The standard InChI is InChI=1S/C24H21ClN2OS/c1-15-10-11-19(13-21(15)25)27-23(28)14-22-16(2)26-24(29-22)12-18-8-5-7-17-6-3-4-9-20(17)18/h3-11,13H,12,14H2,1-2H3,(H,27,28). The number of anilines is 1. The molecule has 146 valence electrons.